The number of nitrogen functional groups attached to an aromatic ring is 1. The van der Waals surface area contributed by atoms with Crippen molar-refractivity contribution in [1.82, 2.24) is 0 Å². The molecule has 0 spiro atoms. The van der Waals surface area contributed by atoms with E-state index >= 15 is 0 Å². The molecule has 0 aliphatic rings. The molecule has 0 aromatic heterocycles. The fraction of sp³-hybridized carbons (Fsp3) is 0.455. The molecule has 0 saturated carbocycles. The Balaban J connectivity index is 3.18. The number of anilines is 2. The van der Waals surface area contributed by atoms with Gasteiger partial charge in [0.25, 0.3) is 0 Å². The summed E-state index contributed by atoms with van der Waals surface area (Å²) >= 11 is 0. The van der Waals surface area contributed by atoms with Crippen molar-refractivity contribution in [3.63, 3.8) is 0 Å². The largest absolute Gasteiger partial charge is 0.399 e. The lowest BCUT2D eigenvalue weighted by Crippen LogP contribution is -2.40. The maximum atomic E-state index is 12.1. The summed E-state index contributed by atoms with van der Waals surface area (Å²) in [6, 6.07) is 6.82. The van der Waals surface area contributed by atoms with Gasteiger partial charge in [-0.1, -0.05) is 6.07 Å². The molecule has 0 bridgehead atoms. The molecule has 0 heterocycles. The van der Waals surface area contributed by atoms with Crippen molar-refractivity contribution in [3.05, 3.63) is 24.3 Å². The van der Waals surface area contributed by atoms with Crippen LogP contribution in [-0.2, 0) is 10.0 Å². The van der Waals surface area contributed by atoms with Crippen LogP contribution in [-0.4, -0.2) is 20.2 Å². The Morgan fingerprint density at radius 1 is 1.25 bits per heavy atom. The van der Waals surface area contributed by atoms with E-state index in [-0.39, 0.29) is 0 Å². The average molecular weight is 242 g/mol. The van der Waals surface area contributed by atoms with Crippen LogP contribution in [0.5, 0.6) is 0 Å². The van der Waals surface area contributed by atoms with Crippen LogP contribution in [0.1, 0.15) is 20.8 Å². The first kappa shape index (κ1) is 12.8. The van der Waals surface area contributed by atoms with E-state index in [4.69, 9.17) is 5.73 Å². The number of sulfonamides is 1. The van der Waals surface area contributed by atoms with Crippen molar-refractivity contribution in [3.8, 4) is 0 Å². The van der Waals surface area contributed by atoms with E-state index in [0.717, 1.165) is 0 Å². The molecule has 0 fully saturated rings. The zero-order chi connectivity index (χ0) is 12.6. The standard InChI is InChI=1S/C11H18N2O2S/c1-11(2,3)16(14,15)13(4)10-7-5-6-9(12)8-10/h5-8H,12H2,1-4H3. The highest BCUT2D eigenvalue weighted by Crippen LogP contribution is 2.25. The third-order valence-corrected chi connectivity index (χ3v) is 4.85. The second-order valence-corrected chi connectivity index (χ2v) is 7.40. The van der Waals surface area contributed by atoms with Gasteiger partial charge in [0, 0.05) is 12.7 Å². The van der Waals surface area contributed by atoms with Crippen LogP contribution in [0.4, 0.5) is 11.4 Å². The van der Waals surface area contributed by atoms with Crippen LogP contribution < -0.4 is 10.0 Å². The van der Waals surface area contributed by atoms with Crippen molar-refractivity contribution in [1.29, 1.82) is 0 Å². The van der Waals surface area contributed by atoms with Gasteiger partial charge in [-0.25, -0.2) is 8.42 Å². The molecule has 0 saturated heterocycles. The number of benzene rings is 1. The molecule has 0 aliphatic heterocycles. The van der Waals surface area contributed by atoms with Crippen molar-refractivity contribution in [2.45, 2.75) is 25.5 Å². The van der Waals surface area contributed by atoms with Crippen molar-refractivity contribution in [2.24, 2.45) is 0 Å². The predicted octanol–water partition coefficient (Wildman–Crippen LogP) is 1.83. The van der Waals surface area contributed by atoms with Gasteiger partial charge in [-0.3, -0.25) is 4.31 Å². The van der Waals surface area contributed by atoms with Gasteiger partial charge in [0.05, 0.1) is 10.4 Å². The lowest BCUT2D eigenvalue weighted by Gasteiger charge is -2.28. The van der Waals surface area contributed by atoms with Gasteiger partial charge in [-0.05, 0) is 39.0 Å². The molecule has 90 valence electrons. The Hall–Kier alpha value is -1.23. The third-order valence-electron chi connectivity index (χ3n) is 2.37. The molecule has 16 heavy (non-hydrogen) atoms. The summed E-state index contributed by atoms with van der Waals surface area (Å²) in [5.74, 6) is 0. The minimum Gasteiger partial charge on any atom is -0.399 e. The van der Waals surface area contributed by atoms with Gasteiger partial charge >= 0.3 is 0 Å². The van der Waals surface area contributed by atoms with Gasteiger partial charge in [0.1, 0.15) is 0 Å². The minimum atomic E-state index is -3.37. The molecule has 4 nitrogen and oxygen atoms in total. The molecule has 1 aromatic rings. The monoisotopic (exact) mass is 242 g/mol. The normalized spacial score (nSPS) is 12.5. The SMILES string of the molecule is CN(c1cccc(N)c1)S(=O)(=O)C(C)(C)C. The first-order valence-corrected chi connectivity index (χ1v) is 6.44. The molecule has 1 rings (SSSR count). The molecular weight excluding hydrogens is 224 g/mol. The first-order chi connectivity index (χ1) is 7.16. The number of hydrogen-bond donors (Lipinski definition) is 1. The Morgan fingerprint density at radius 3 is 2.25 bits per heavy atom. The van der Waals surface area contributed by atoms with Crippen LogP contribution in [0.3, 0.4) is 0 Å². The predicted molar refractivity (Wildman–Crippen MR) is 67.9 cm³/mol. The van der Waals surface area contributed by atoms with Crippen molar-refractivity contribution < 1.29 is 8.42 Å². The highest BCUT2D eigenvalue weighted by atomic mass is 32.2. The molecule has 0 radical (unpaired) electrons. The van der Waals surface area contributed by atoms with E-state index in [1.807, 2.05) is 0 Å². The number of nitrogens with two attached hydrogens (primary N) is 1. The first-order valence-electron chi connectivity index (χ1n) is 5.00. The fourth-order valence-electron chi connectivity index (χ4n) is 1.27. The van der Waals surface area contributed by atoms with E-state index in [1.54, 1.807) is 45.0 Å². The summed E-state index contributed by atoms with van der Waals surface area (Å²) in [6.07, 6.45) is 0. The quantitative estimate of drug-likeness (QED) is 0.805. The average Bonchev–Trinajstić information content (AvgIpc) is 2.14. The Kier molecular flexibility index (Phi) is 3.19. The van der Waals surface area contributed by atoms with Crippen molar-refractivity contribution >= 4 is 21.4 Å². The number of hydrogen-bond acceptors (Lipinski definition) is 3. The van der Waals surface area contributed by atoms with Crippen molar-refractivity contribution in [2.75, 3.05) is 17.1 Å². The summed E-state index contributed by atoms with van der Waals surface area (Å²) in [7, 11) is -1.83. The van der Waals surface area contributed by atoms with Gasteiger partial charge in [0.2, 0.25) is 10.0 Å². The van der Waals surface area contributed by atoms with Crippen LogP contribution in [0.2, 0.25) is 0 Å². The Bertz CT molecular complexity index is 475. The van der Waals surface area contributed by atoms with Gasteiger partial charge < -0.3 is 5.73 Å². The van der Waals surface area contributed by atoms with E-state index in [9.17, 15) is 8.42 Å². The van der Waals surface area contributed by atoms with Crippen LogP contribution in [0.15, 0.2) is 24.3 Å². The summed E-state index contributed by atoms with van der Waals surface area (Å²) in [4.78, 5) is 0. The fourth-order valence-corrected chi connectivity index (χ4v) is 2.48. The van der Waals surface area contributed by atoms with Gasteiger partial charge in [-0.15, -0.1) is 0 Å². The zero-order valence-electron chi connectivity index (χ0n) is 10.1. The summed E-state index contributed by atoms with van der Waals surface area (Å²) in [6.45, 7) is 5.02. The Morgan fingerprint density at radius 2 is 1.81 bits per heavy atom. The lowest BCUT2D eigenvalue weighted by atomic mass is 10.3. The van der Waals surface area contributed by atoms with E-state index in [1.165, 1.54) is 11.4 Å². The van der Waals surface area contributed by atoms with Crippen LogP contribution >= 0.6 is 0 Å². The molecule has 0 amide bonds. The third kappa shape index (κ3) is 2.29. The molecule has 2 N–H and O–H groups in total. The summed E-state index contributed by atoms with van der Waals surface area (Å²) < 4.78 is 24.7. The van der Waals surface area contributed by atoms with Gasteiger partial charge in [0.15, 0.2) is 0 Å². The number of rotatable bonds is 2. The van der Waals surface area contributed by atoms with Crippen LogP contribution in [0.25, 0.3) is 0 Å². The van der Waals surface area contributed by atoms with E-state index < -0.39 is 14.8 Å². The van der Waals surface area contributed by atoms with E-state index in [2.05, 4.69) is 0 Å². The molecule has 1 aromatic carbocycles. The van der Waals surface area contributed by atoms with E-state index in [0.29, 0.717) is 11.4 Å². The maximum Gasteiger partial charge on any atom is 0.239 e. The van der Waals surface area contributed by atoms with Gasteiger partial charge in [-0.2, -0.15) is 0 Å². The molecular formula is C11H18N2O2S. The zero-order valence-corrected chi connectivity index (χ0v) is 10.9. The molecule has 0 unspecified atom stereocenters. The summed E-state index contributed by atoms with van der Waals surface area (Å²) in [5, 5.41) is 0. The van der Waals surface area contributed by atoms with Crippen LogP contribution in [0, 0.1) is 0 Å². The molecule has 5 heteroatoms. The molecule has 0 aliphatic carbocycles. The maximum absolute atomic E-state index is 12.1. The topological polar surface area (TPSA) is 63.4 Å². The second kappa shape index (κ2) is 3.97. The number of nitrogens with zero attached hydrogens (tertiary/aromatic N) is 1. The molecule has 0 atom stereocenters. The smallest absolute Gasteiger partial charge is 0.239 e. The highest BCUT2D eigenvalue weighted by Gasteiger charge is 2.33. The highest BCUT2D eigenvalue weighted by molar-refractivity contribution is 7.94. The minimum absolute atomic E-state index is 0.549. The summed E-state index contributed by atoms with van der Waals surface area (Å²) in [5.41, 5.74) is 6.76. The lowest BCUT2D eigenvalue weighted by molar-refractivity contribution is 0.558. The Labute approximate surface area is 97.1 Å². The second-order valence-electron chi connectivity index (χ2n) is 4.68.